The Balaban J connectivity index is 0. The van der Waals surface area contributed by atoms with Gasteiger partial charge in [-0.2, -0.15) is 0 Å². The van der Waals surface area contributed by atoms with E-state index in [2.05, 4.69) is 17.0 Å². The van der Waals surface area contributed by atoms with Crippen LogP contribution >= 0.6 is 48.0 Å². The minimum atomic E-state index is -0.411. The Kier molecular flexibility index (Phi) is 21.8. The molecule has 0 fully saturated rings. The predicted octanol–water partition coefficient (Wildman–Crippen LogP) is 6.83. The number of rotatable bonds is 6. The Morgan fingerprint density at radius 3 is 1.71 bits per heavy atom. The van der Waals surface area contributed by atoms with Crippen molar-refractivity contribution in [3.05, 3.63) is 23.8 Å². The second-order valence-electron chi connectivity index (χ2n) is 7.56. The first kappa shape index (κ1) is 35.4. The Bertz CT molecular complexity index is 733. The van der Waals surface area contributed by atoms with Crippen molar-refractivity contribution in [3.63, 3.8) is 0 Å². The molecular formula is C23H38N2O6S4. The van der Waals surface area contributed by atoms with Crippen LogP contribution in [0.15, 0.2) is 18.2 Å². The van der Waals surface area contributed by atoms with Crippen LogP contribution < -0.4 is 11.5 Å². The number of thiocarbonyl (C=S) groups is 2. The second-order valence-corrected chi connectivity index (χ2v) is 10.6. The molecule has 0 amide bonds. The lowest BCUT2D eigenvalue weighted by molar-refractivity contribution is 0.160. The zero-order valence-corrected chi connectivity index (χ0v) is 24.7. The number of aryl methyl sites for hydroxylation is 1. The summed E-state index contributed by atoms with van der Waals surface area (Å²) in [4.78, 5) is 21.9. The number of anilines is 2. The molecule has 0 heterocycles. The van der Waals surface area contributed by atoms with Crippen LogP contribution in [0, 0.1) is 18.8 Å². The number of ether oxygens (including phenoxy) is 4. The number of hydrogen-bond donors (Lipinski definition) is 2. The Hall–Kier alpha value is -1.76. The van der Waals surface area contributed by atoms with Crippen LogP contribution in [-0.2, 0) is 18.9 Å². The maximum Gasteiger partial charge on any atom is 0.375 e. The van der Waals surface area contributed by atoms with Gasteiger partial charge in [-0.25, -0.2) is 9.59 Å². The first-order chi connectivity index (χ1) is 16.3. The summed E-state index contributed by atoms with van der Waals surface area (Å²) in [7, 11) is 0. The Morgan fingerprint density at radius 1 is 0.829 bits per heavy atom. The van der Waals surface area contributed by atoms with Crippen molar-refractivity contribution in [2.45, 2.75) is 48.5 Å². The molecule has 1 rings (SSSR count). The van der Waals surface area contributed by atoms with E-state index in [-0.39, 0.29) is 8.77 Å². The van der Waals surface area contributed by atoms with Crippen LogP contribution in [0.2, 0.25) is 0 Å². The molecule has 0 aliphatic heterocycles. The average molecular weight is 567 g/mol. The fourth-order valence-corrected chi connectivity index (χ4v) is 3.14. The number of nitrogens with two attached hydrogens (primary N) is 2. The fourth-order valence-electron chi connectivity index (χ4n) is 1.66. The van der Waals surface area contributed by atoms with Crippen LogP contribution in [0.3, 0.4) is 0 Å². The number of para-hydroxylation sites is 1. The van der Waals surface area contributed by atoms with Crippen LogP contribution in [0.5, 0.6) is 0 Å². The lowest BCUT2D eigenvalue weighted by Crippen LogP contribution is -2.10. The molecule has 0 saturated heterocycles. The van der Waals surface area contributed by atoms with Gasteiger partial charge in [-0.3, -0.25) is 0 Å². The number of thioether (sulfide) groups is 2. The van der Waals surface area contributed by atoms with E-state index in [1.54, 1.807) is 19.9 Å². The SMILES string of the molecule is CC(C)COC(=O)SC(=S)OCC(C)C.CCOC(=O)SC(=S)OCC.Cc1cccc(N)c1N. The van der Waals surface area contributed by atoms with E-state index in [0.29, 0.717) is 49.6 Å². The molecule has 4 N–H and O–H groups in total. The van der Waals surface area contributed by atoms with Gasteiger partial charge in [0.2, 0.25) is 8.77 Å². The normalized spacial score (nSPS) is 9.74. The average Bonchev–Trinajstić information content (AvgIpc) is 2.76. The smallest absolute Gasteiger partial charge is 0.375 e. The third kappa shape index (κ3) is 22.4. The van der Waals surface area contributed by atoms with Gasteiger partial charge in [0.25, 0.3) is 0 Å². The summed E-state index contributed by atoms with van der Waals surface area (Å²) in [6.07, 6.45) is 0. The van der Waals surface area contributed by atoms with Gasteiger partial charge in [0.15, 0.2) is 0 Å². The summed E-state index contributed by atoms with van der Waals surface area (Å²) in [5.74, 6) is 0.731. The lowest BCUT2D eigenvalue weighted by Gasteiger charge is -2.09. The van der Waals surface area contributed by atoms with Gasteiger partial charge in [0, 0.05) is 23.5 Å². The zero-order valence-electron chi connectivity index (χ0n) is 21.5. The summed E-state index contributed by atoms with van der Waals surface area (Å²) in [6.45, 7) is 15.3. The molecule has 0 atom stereocenters. The molecular weight excluding hydrogens is 529 g/mol. The van der Waals surface area contributed by atoms with Crippen molar-refractivity contribution in [1.29, 1.82) is 0 Å². The zero-order chi connectivity index (χ0) is 27.4. The molecule has 0 bridgehead atoms. The summed E-state index contributed by atoms with van der Waals surface area (Å²) >= 11 is 11.2. The standard InChI is InChI=1S/C10H18O3S2.C7H10N2.C6H10O3S2/c1-7(2)5-12-9(11)15-10(14)13-6-8(3)4;1-5-3-2-4-6(8)7(5)9;1-3-8-5(7)11-6(10)9-4-2/h7-8H,5-6H2,1-4H3;2-4H,8-9H2,1H3;3-4H2,1-2H3. The van der Waals surface area contributed by atoms with Crippen LogP contribution in [0.1, 0.15) is 47.1 Å². The van der Waals surface area contributed by atoms with Crippen LogP contribution in [0.25, 0.3) is 0 Å². The number of nitrogen functional groups attached to an aromatic ring is 2. The van der Waals surface area contributed by atoms with E-state index in [1.807, 2.05) is 46.8 Å². The summed E-state index contributed by atoms with van der Waals surface area (Å²) in [5, 5.41) is -0.802. The van der Waals surface area contributed by atoms with Crippen LogP contribution in [0.4, 0.5) is 21.0 Å². The molecule has 0 aliphatic rings. The van der Waals surface area contributed by atoms with Crippen molar-refractivity contribution in [1.82, 2.24) is 0 Å². The quantitative estimate of drug-likeness (QED) is 0.213. The molecule has 1 aromatic rings. The molecule has 0 aromatic heterocycles. The van der Waals surface area contributed by atoms with Crippen molar-refractivity contribution in [3.8, 4) is 0 Å². The van der Waals surface area contributed by atoms with Gasteiger partial charge >= 0.3 is 10.6 Å². The summed E-state index contributed by atoms with van der Waals surface area (Å²) in [5.41, 5.74) is 13.4. The molecule has 35 heavy (non-hydrogen) atoms. The maximum atomic E-state index is 11.2. The van der Waals surface area contributed by atoms with Gasteiger partial charge < -0.3 is 30.4 Å². The Labute approximate surface area is 228 Å². The monoisotopic (exact) mass is 566 g/mol. The van der Waals surface area contributed by atoms with E-state index in [9.17, 15) is 9.59 Å². The molecule has 0 aliphatic carbocycles. The Morgan fingerprint density at radius 2 is 1.29 bits per heavy atom. The predicted molar refractivity (Wildman–Crippen MR) is 156 cm³/mol. The molecule has 0 unspecified atom stereocenters. The van der Waals surface area contributed by atoms with E-state index < -0.39 is 10.6 Å². The molecule has 200 valence electrons. The second kappa shape index (κ2) is 21.5. The molecule has 1 aromatic carbocycles. The highest BCUT2D eigenvalue weighted by Crippen LogP contribution is 2.17. The highest BCUT2D eigenvalue weighted by molar-refractivity contribution is 8.32. The van der Waals surface area contributed by atoms with Gasteiger partial charge in [0.1, 0.15) is 0 Å². The third-order valence-corrected chi connectivity index (χ3v) is 5.16. The minimum Gasteiger partial charge on any atom is -0.478 e. The first-order valence-electron chi connectivity index (χ1n) is 11.0. The van der Waals surface area contributed by atoms with Crippen molar-refractivity contribution in [2.24, 2.45) is 11.8 Å². The number of benzene rings is 1. The molecule has 8 nitrogen and oxygen atoms in total. The van der Waals surface area contributed by atoms with E-state index in [0.717, 1.165) is 29.1 Å². The van der Waals surface area contributed by atoms with Crippen molar-refractivity contribution >= 4 is 78.7 Å². The first-order valence-corrected chi connectivity index (χ1v) is 13.4. The van der Waals surface area contributed by atoms with Gasteiger partial charge in [0.05, 0.1) is 37.8 Å². The molecule has 0 radical (unpaired) electrons. The lowest BCUT2D eigenvalue weighted by atomic mass is 10.2. The molecule has 0 spiro atoms. The van der Waals surface area contributed by atoms with E-state index in [4.69, 9.17) is 37.9 Å². The molecule has 12 heteroatoms. The summed E-state index contributed by atoms with van der Waals surface area (Å²) < 4.78 is 20.0. The third-order valence-electron chi connectivity index (χ3n) is 3.28. The molecule has 0 saturated carbocycles. The van der Waals surface area contributed by atoms with Crippen molar-refractivity contribution < 1.29 is 28.5 Å². The van der Waals surface area contributed by atoms with Gasteiger partial charge in [-0.05, 0) is 68.7 Å². The summed E-state index contributed by atoms with van der Waals surface area (Å²) in [6, 6.07) is 5.62. The van der Waals surface area contributed by atoms with Crippen molar-refractivity contribution in [2.75, 3.05) is 37.9 Å². The minimum absolute atomic E-state index is 0.214. The maximum absolute atomic E-state index is 11.2. The highest BCUT2D eigenvalue weighted by Gasteiger charge is 2.11. The van der Waals surface area contributed by atoms with Gasteiger partial charge in [-0.15, -0.1) is 0 Å². The van der Waals surface area contributed by atoms with Gasteiger partial charge in [-0.1, -0.05) is 39.8 Å². The largest absolute Gasteiger partial charge is 0.478 e. The number of carbonyl (C=O) groups is 2. The van der Waals surface area contributed by atoms with E-state index in [1.165, 1.54) is 0 Å². The fraction of sp³-hybridized carbons (Fsp3) is 0.565. The highest BCUT2D eigenvalue weighted by atomic mass is 32.2. The van der Waals surface area contributed by atoms with E-state index >= 15 is 0 Å². The van der Waals surface area contributed by atoms with Crippen LogP contribution in [-0.4, -0.2) is 45.8 Å². The topological polar surface area (TPSA) is 123 Å². The number of carbonyl (C=O) groups excluding carboxylic acids is 2. The number of hydrogen-bond acceptors (Lipinski definition) is 12.